The fourth-order valence-electron chi connectivity index (χ4n) is 3.39. The van der Waals surface area contributed by atoms with E-state index in [4.69, 9.17) is 9.47 Å². The zero-order valence-corrected chi connectivity index (χ0v) is 14.8. The highest BCUT2D eigenvalue weighted by atomic mass is 16.7. The van der Waals surface area contributed by atoms with E-state index in [2.05, 4.69) is 10.3 Å². The van der Waals surface area contributed by atoms with Gasteiger partial charge in [0, 0.05) is 22.9 Å². The van der Waals surface area contributed by atoms with Crippen molar-refractivity contribution in [2.45, 2.75) is 5.60 Å². The molecule has 3 aromatic carbocycles. The van der Waals surface area contributed by atoms with Gasteiger partial charge in [0.25, 0.3) is 5.91 Å². The zero-order chi connectivity index (χ0) is 19.0. The third-order valence-electron chi connectivity index (χ3n) is 4.73. The lowest BCUT2D eigenvalue weighted by Gasteiger charge is -2.31. The van der Waals surface area contributed by atoms with Gasteiger partial charge < -0.3 is 14.8 Å². The number of nitrogens with one attached hydrogen (secondary N) is 1. The standard InChI is InChI=1S/C23H16N2O3/c26-21-23(18-13-7-8-14-19(18)25-21)15-20(16-9-3-1-4-10-16)27-22(28-23)24-17-11-5-2-6-12-17/h1-15H,(H,25,26). The number of anilines is 1. The quantitative estimate of drug-likeness (QED) is 0.719. The van der Waals surface area contributed by atoms with Crippen LogP contribution in [0.25, 0.3) is 5.76 Å². The Morgan fingerprint density at radius 2 is 1.50 bits per heavy atom. The smallest absolute Gasteiger partial charge is 0.396 e. The van der Waals surface area contributed by atoms with Crippen LogP contribution in [0, 0.1) is 0 Å². The summed E-state index contributed by atoms with van der Waals surface area (Å²) < 4.78 is 12.0. The number of benzene rings is 3. The van der Waals surface area contributed by atoms with E-state index in [9.17, 15) is 4.79 Å². The average Bonchev–Trinajstić information content (AvgIpc) is 3.00. The van der Waals surface area contributed by atoms with Gasteiger partial charge in [-0.15, -0.1) is 0 Å². The molecule has 5 nitrogen and oxygen atoms in total. The molecule has 5 heteroatoms. The van der Waals surface area contributed by atoms with E-state index in [0.29, 0.717) is 11.4 Å². The Morgan fingerprint density at radius 1 is 0.821 bits per heavy atom. The number of fused-ring (bicyclic) bond motifs is 2. The van der Waals surface area contributed by atoms with E-state index in [1.54, 1.807) is 6.08 Å². The second kappa shape index (κ2) is 6.39. The molecule has 0 aromatic heterocycles. The second-order valence-electron chi connectivity index (χ2n) is 6.53. The Hall–Kier alpha value is -3.86. The van der Waals surface area contributed by atoms with E-state index in [1.165, 1.54) is 0 Å². The number of carbonyl (C=O) groups is 1. The average molecular weight is 368 g/mol. The van der Waals surface area contributed by atoms with Crippen LogP contribution in [0.5, 0.6) is 0 Å². The normalized spacial score (nSPS) is 21.5. The highest BCUT2D eigenvalue weighted by Gasteiger charge is 2.51. The molecule has 0 saturated carbocycles. The van der Waals surface area contributed by atoms with Crippen LogP contribution in [0.3, 0.4) is 0 Å². The molecule has 0 saturated heterocycles. The van der Waals surface area contributed by atoms with E-state index in [-0.39, 0.29) is 12.0 Å². The Labute approximate surface area is 162 Å². The third kappa shape index (κ3) is 2.65. The number of rotatable bonds is 2. The van der Waals surface area contributed by atoms with Crippen LogP contribution < -0.4 is 5.32 Å². The van der Waals surface area contributed by atoms with Gasteiger partial charge in [-0.25, -0.2) is 0 Å². The first-order chi connectivity index (χ1) is 13.7. The van der Waals surface area contributed by atoms with Crippen LogP contribution in [0.15, 0.2) is 96.0 Å². The molecule has 1 N–H and O–H groups in total. The highest BCUT2D eigenvalue weighted by Crippen LogP contribution is 2.44. The van der Waals surface area contributed by atoms with Gasteiger partial charge in [0.2, 0.25) is 5.60 Å². The monoisotopic (exact) mass is 368 g/mol. The van der Waals surface area contributed by atoms with Crippen LogP contribution >= 0.6 is 0 Å². The van der Waals surface area contributed by atoms with Crippen molar-refractivity contribution in [2.75, 3.05) is 5.32 Å². The Morgan fingerprint density at radius 3 is 2.29 bits per heavy atom. The maximum absolute atomic E-state index is 13.0. The number of carbonyl (C=O) groups excluding carboxylic acids is 1. The molecule has 0 radical (unpaired) electrons. The summed E-state index contributed by atoms with van der Waals surface area (Å²) in [6.45, 7) is 0. The maximum atomic E-state index is 13.0. The minimum Gasteiger partial charge on any atom is -0.424 e. The van der Waals surface area contributed by atoms with Crippen LogP contribution in [-0.2, 0) is 19.9 Å². The minimum atomic E-state index is -1.33. The molecule has 2 aliphatic heterocycles. The molecule has 1 spiro atoms. The first-order valence-electron chi connectivity index (χ1n) is 8.94. The predicted octanol–water partition coefficient (Wildman–Crippen LogP) is 4.61. The molecule has 1 unspecified atom stereocenters. The van der Waals surface area contributed by atoms with E-state index < -0.39 is 5.60 Å². The fourth-order valence-corrected chi connectivity index (χ4v) is 3.39. The summed E-state index contributed by atoms with van der Waals surface area (Å²) in [7, 11) is 0. The number of ether oxygens (including phenoxy) is 2. The van der Waals surface area contributed by atoms with Crippen LogP contribution in [-0.4, -0.2) is 12.0 Å². The van der Waals surface area contributed by atoms with Crippen molar-refractivity contribution in [3.63, 3.8) is 0 Å². The van der Waals surface area contributed by atoms with Crippen molar-refractivity contribution in [3.05, 3.63) is 102 Å². The number of hydrogen-bond donors (Lipinski definition) is 1. The number of amides is 1. The summed E-state index contributed by atoms with van der Waals surface area (Å²) >= 11 is 0. The molecule has 28 heavy (non-hydrogen) atoms. The summed E-state index contributed by atoms with van der Waals surface area (Å²) in [4.78, 5) is 17.5. The van der Waals surface area contributed by atoms with Crippen molar-refractivity contribution in [1.82, 2.24) is 0 Å². The molecule has 0 aliphatic carbocycles. The van der Waals surface area contributed by atoms with Crippen molar-refractivity contribution in [1.29, 1.82) is 0 Å². The van der Waals surface area contributed by atoms with Gasteiger partial charge >= 0.3 is 6.08 Å². The lowest BCUT2D eigenvalue weighted by Crippen LogP contribution is -2.41. The van der Waals surface area contributed by atoms with Crippen molar-refractivity contribution in [2.24, 2.45) is 4.99 Å². The molecule has 5 rings (SSSR count). The molecular weight excluding hydrogens is 352 g/mol. The lowest BCUT2D eigenvalue weighted by molar-refractivity contribution is -0.129. The SMILES string of the molecule is O=C1Nc2ccccc2C12C=C(c1ccccc1)OC(=Nc1ccccc1)O2. The van der Waals surface area contributed by atoms with Crippen molar-refractivity contribution >= 4 is 29.1 Å². The molecule has 1 atom stereocenters. The largest absolute Gasteiger partial charge is 0.424 e. The first-order valence-corrected chi connectivity index (χ1v) is 8.94. The number of nitrogens with zero attached hydrogens (tertiary/aromatic N) is 1. The summed E-state index contributed by atoms with van der Waals surface area (Å²) in [5.74, 6) is 0.250. The maximum Gasteiger partial charge on any atom is 0.396 e. The third-order valence-corrected chi connectivity index (χ3v) is 4.73. The topological polar surface area (TPSA) is 59.9 Å². The van der Waals surface area contributed by atoms with Crippen molar-refractivity contribution < 1.29 is 14.3 Å². The zero-order valence-electron chi connectivity index (χ0n) is 14.8. The lowest BCUT2D eigenvalue weighted by atomic mass is 9.92. The fraction of sp³-hybridized carbons (Fsp3) is 0.0435. The number of hydrogen-bond acceptors (Lipinski definition) is 4. The number of para-hydroxylation sites is 2. The van der Waals surface area contributed by atoms with Crippen LogP contribution in [0.2, 0.25) is 0 Å². The minimum absolute atomic E-state index is 0.0272. The Bertz CT molecular complexity index is 1110. The Balaban J connectivity index is 1.68. The van der Waals surface area contributed by atoms with Crippen molar-refractivity contribution in [3.8, 4) is 0 Å². The van der Waals surface area contributed by atoms with Crippen LogP contribution in [0.4, 0.5) is 11.4 Å². The van der Waals surface area contributed by atoms with E-state index >= 15 is 0 Å². The number of aliphatic imine (C=N–C) groups is 1. The second-order valence-corrected chi connectivity index (χ2v) is 6.53. The Kier molecular flexibility index (Phi) is 3.72. The van der Waals surface area contributed by atoms with Gasteiger partial charge in [0.15, 0.2) is 0 Å². The molecule has 3 aromatic rings. The summed E-state index contributed by atoms with van der Waals surface area (Å²) in [6.07, 6.45) is 1.74. The molecule has 1 amide bonds. The summed E-state index contributed by atoms with van der Waals surface area (Å²) in [6, 6.07) is 26.4. The van der Waals surface area contributed by atoms with Gasteiger partial charge in [-0.1, -0.05) is 66.7 Å². The summed E-state index contributed by atoms with van der Waals surface area (Å²) in [5, 5.41) is 2.90. The van der Waals surface area contributed by atoms with Gasteiger partial charge in [-0.2, -0.15) is 4.99 Å². The molecular formula is C23H16N2O3. The highest BCUT2D eigenvalue weighted by molar-refractivity contribution is 6.09. The molecule has 2 heterocycles. The summed E-state index contributed by atoms with van der Waals surface area (Å²) in [5.41, 5.74) is 1.64. The predicted molar refractivity (Wildman–Crippen MR) is 107 cm³/mol. The van der Waals surface area contributed by atoms with Gasteiger partial charge in [0.05, 0.1) is 5.69 Å². The van der Waals surface area contributed by atoms with Gasteiger partial charge in [0.1, 0.15) is 5.76 Å². The first kappa shape index (κ1) is 16.3. The molecule has 136 valence electrons. The molecule has 2 aliphatic rings. The molecule has 0 bridgehead atoms. The van der Waals surface area contributed by atoms with E-state index in [0.717, 1.165) is 16.8 Å². The van der Waals surface area contributed by atoms with Gasteiger partial charge in [-0.3, -0.25) is 4.79 Å². The van der Waals surface area contributed by atoms with Gasteiger partial charge in [-0.05, 0) is 18.2 Å². The van der Waals surface area contributed by atoms with Crippen LogP contribution in [0.1, 0.15) is 11.1 Å². The molecule has 0 fully saturated rings. The van der Waals surface area contributed by atoms with E-state index in [1.807, 2.05) is 84.9 Å².